The lowest BCUT2D eigenvalue weighted by Crippen LogP contribution is -2.44. The summed E-state index contributed by atoms with van der Waals surface area (Å²) in [6.07, 6.45) is 3.14. The van der Waals surface area contributed by atoms with Crippen LogP contribution >= 0.6 is 0 Å². The average molecular weight is 456 g/mol. The molecule has 1 aromatic carbocycles. The van der Waals surface area contributed by atoms with E-state index in [2.05, 4.69) is 15.4 Å². The third-order valence-electron chi connectivity index (χ3n) is 5.49. The Kier molecular flexibility index (Phi) is 6.75. The summed E-state index contributed by atoms with van der Waals surface area (Å²) < 4.78 is 34.2. The Morgan fingerprint density at radius 3 is 2.59 bits per heavy atom. The third kappa shape index (κ3) is 4.55. The van der Waals surface area contributed by atoms with Gasteiger partial charge in [0.25, 0.3) is 17.5 Å². The summed E-state index contributed by atoms with van der Waals surface area (Å²) >= 11 is 0. The Bertz CT molecular complexity index is 934. The molecular weight excluding hydrogens is 434 g/mol. The van der Waals surface area contributed by atoms with E-state index < -0.39 is 46.0 Å². The van der Waals surface area contributed by atoms with Gasteiger partial charge >= 0.3 is 12.6 Å². The van der Waals surface area contributed by atoms with Gasteiger partial charge in [-0.2, -0.15) is 8.78 Å². The number of amides is 4. The summed E-state index contributed by atoms with van der Waals surface area (Å²) in [7, 11) is 1.14. The fraction of sp³-hybridized carbons (Fsp3) is 0.526. The number of methoxy groups -OCH3 is 1. The molecular formula is C19H22F2N4O7. The van der Waals surface area contributed by atoms with Crippen LogP contribution in [-0.4, -0.2) is 60.0 Å². The molecule has 174 valence electrons. The molecule has 0 unspecified atom stereocenters. The molecule has 1 aliphatic heterocycles. The second kappa shape index (κ2) is 9.32. The molecule has 1 aromatic rings. The number of hydrogen-bond donors (Lipinski definition) is 2. The zero-order valence-electron chi connectivity index (χ0n) is 17.2. The Morgan fingerprint density at radius 2 is 2.00 bits per heavy atom. The van der Waals surface area contributed by atoms with Crippen LogP contribution in [0.25, 0.3) is 0 Å². The van der Waals surface area contributed by atoms with Crippen molar-refractivity contribution < 1.29 is 37.6 Å². The van der Waals surface area contributed by atoms with Crippen LogP contribution in [0.5, 0.6) is 11.5 Å². The van der Waals surface area contributed by atoms with E-state index in [1.54, 1.807) is 0 Å². The highest BCUT2D eigenvalue weighted by molar-refractivity contribution is 6.07. The number of nitrogens with zero attached hydrogens (tertiary/aromatic N) is 2. The second-order valence-corrected chi connectivity index (χ2v) is 7.44. The maximum atomic E-state index is 12.6. The summed E-state index contributed by atoms with van der Waals surface area (Å²) in [5.41, 5.74) is -1.97. The minimum Gasteiger partial charge on any atom is -0.493 e. The topological polar surface area (TPSA) is 140 Å². The molecule has 32 heavy (non-hydrogen) atoms. The van der Waals surface area contributed by atoms with E-state index in [0.29, 0.717) is 18.9 Å². The van der Waals surface area contributed by atoms with Crippen molar-refractivity contribution in [1.82, 2.24) is 15.5 Å². The molecule has 2 fully saturated rings. The van der Waals surface area contributed by atoms with Crippen molar-refractivity contribution in [1.29, 1.82) is 0 Å². The molecule has 0 atom stereocenters. The van der Waals surface area contributed by atoms with Gasteiger partial charge in [0.2, 0.25) is 0 Å². The highest BCUT2D eigenvalue weighted by atomic mass is 19.3. The van der Waals surface area contributed by atoms with E-state index in [4.69, 9.17) is 4.74 Å². The summed E-state index contributed by atoms with van der Waals surface area (Å²) in [5.74, 6) is -1.98. The zero-order valence-corrected chi connectivity index (χ0v) is 17.2. The first-order chi connectivity index (χ1) is 15.2. The van der Waals surface area contributed by atoms with Crippen LogP contribution in [0.3, 0.4) is 0 Å². The number of nitro groups is 1. The number of carbonyl (C=O) groups is 3. The lowest BCUT2D eigenvalue weighted by Gasteiger charge is -2.20. The highest BCUT2D eigenvalue weighted by Gasteiger charge is 2.52. The van der Waals surface area contributed by atoms with Gasteiger partial charge in [-0.1, -0.05) is 12.8 Å². The van der Waals surface area contributed by atoms with Gasteiger partial charge in [0.15, 0.2) is 11.5 Å². The summed E-state index contributed by atoms with van der Waals surface area (Å²) in [4.78, 5) is 48.7. The Hall–Kier alpha value is -3.51. The van der Waals surface area contributed by atoms with Crippen molar-refractivity contribution in [3.8, 4) is 11.5 Å². The molecule has 0 bridgehead atoms. The minimum atomic E-state index is -3.24. The molecule has 1 saturated heterocycles. The van der Waals surface area contributed by atoms with E-state index in [0.717, 1.165) is 30.9 Å². The first-order valence-corrected chi connectivity index (χ1v) is 9.92. The predicted octanol–water partition coefficient (Wildman–Crippen LogP) is 2.19. The number of halogens is 2. The number of alkyl halides is 2. The van der Waals surface area contributed by atoms with Gasteiger partial charge in [0.05, 0.1) is 18.1 Å². The molecule has 1 spiro atoms. The molecule has 11 nitrogen and oxygen atoms in total. The summed E-state index contributed by atoms with van der Waals surface area (Å²) in [6.45, 7) is -3.16. The maximum absolute atomic E-state index is 12.6. The minimum absolute atomic E-state index is 0.0116. The van der Waals surface area contributed by atoms with Crippen molar-refractivity contribution in [2.45, 2.75) is 44.3 Å². The number of imide groups is 1. The fourth-order valence-electron chi connectivity index (χ4n) is 3.96. The normalized spacial score (nSPS) is 17.1. The molecule has 0 aromatic heterocycles. The SMILES string of the molecule is COc1cc(C(=O)NCCCN2C(=O)NC3(CCCC3)C2=O)c([N+](=O)[O-])cc1OC(F)F. The van der Waals surface area contributed by atoms with Crippen LogP contribution in [-0.2, 0) is 4.79 Å². The third-order valence-corrected chi connectivity index (χ3v) is 5.49. The van der Waals surface area contributed by atoms with Gasteiger partial charge in [0.1, 0.15) is 11.1 Å². The molecule has 3 rings (SSSR count). The molecule has 13 heteroatoms. The van der Waals surface area contributed by atoms with E-state index in [1.807, 2.05) is 0 Å². The molecule has 4 amide bonds. The number of benzene rings is 1. The standard InChI is InChI=1S/C19H22F2N4O7/c1-31-13-9-11(12(25(29)30)10-14(13)32-17(20)21)15(26)22-7-4-8-24-16(27)19(23-18(24)28)5-2-3-6-19/h9-10,17H,2-8H2,1H3,(H,22,26)(H,23,28). The van der Waals surface area contributed by atoms with Crippen molar-refractivity contribution in [2.75, 3.05) is 20.2 Å². The van der Waals surface area contributed by atoms with Gasteiger partial charge in [-0.15, -0.1) is 0 Å². The average Bonchev–Trinajstić information content (AvgIpc) is 3.29. The number of carbonyl (C=O) groups excluding carboxylic acids is 3. The Balaban J connectivity index is 1.63. The zero-order chi connectivity index (χ0) is 23.5. The molecule has 2 aliphatic rings. The van der Waals surface area contributed by atoms with Gasteiger partial charge in [-0.25, -0.2) is 4.79 Å². The van der Waals surface area contributed by atoms with Gasteiger partial charge < -0.3 is 20.1 Å². The molecule has 2 N–H and O–H groups in total. The fourth-order valence-corrected chi connectivity index (χ4v) is 3.96. The first kappa shape index (κ1) is 23.2. The summed E-state index contributed by atoms with van der Waals surface area (Å²) in [6, 6.07) is 1.15. The Morgan fingerprint density at radius 1 is 1.31 bits per heavy atom. The number of nitrogens with one attached hydrogen (secondary N) is 2. The molecule has 1 saturated carbocycles. The number of nitro benzene ring substituents is 1. The largest absolute Gasteiger partial charge is 0.493 e. The number of hydrogen-bond acceptors (Lipinski definition) is 7. The van der Waals surface area contributed by atoms with Crippen LogP contribution < -0.4 is 20.1 Å². The number of ether oxygens (including phenoxy) is 2. The quantitative estimate of drug-likeness (QED) is 0.251. The van der Waals surface area contributed by atoms with Gasteiger partial charge in [-0.05, 0) is 19.3 Å². The van der Waals surface area contributed by atoms with E-state index in [9.17, 15) is 33.3 Å². The van der Waals surface area contributed by atoms with Crippen LogP contribution in [0.4, 0.5) is 19.3 Å². The predicted molar refractivity (Wildman–Crippen MR) is 105 cm³/mol. The maximum Gasteiger partial charge on any atom is 0.387 e. The van der Waals surface area contributed by atoms with Crippen molar-refractivity contribution in [3.05, 3.63) is 27.8 Å². The lowest BCUT2D eigenvalue weighted by molar-refractivity contribution is -0.385. The van der Waals surface area contributed by atoms with Crippen LogP contribution in [0.1, 0.15) is 42.5 Å². The van der Waals surface area contributed by atoms with Crippen LogP contribution in [0.2, 0.25) is 0 Å². The van der Waals surface area contributed by atoms with E-state index in [1.165, 1.54) is 0 Å². The van der Waals surface area contributed by atoms with E-state index in [-0.39, 0.29) is 31.2 Å². The highest BCUT2D eigenvalue weighted by Crippen LogP contribution is 2.36. The lowest BCUT2D eigenvalue weighted by atomic mass is 9.98. The van der Waals surface area contributed by atoms with E-state index >= 15 is 0 Å². The number of urea groups is 1. The monoisotopic (exact) mass is 456 g/mol. The van der Waals surface area contributed by atoms with Crippen molar-refractivity contribution >= 4 is 23.5 Å². The van der Waals surface area contributed by atoms with Gasteiger partial charge in [-0.3, -0.25) is 24.6 Å². The molecule has 0 radical (unpaired) electrons. The first-order valence-electron chi connectivity index (χ1n) is 9.92. The van der Waals surface area contributed by atoms with Crippen molar-refractivity contribution in [2.24, 2.45) is 0 Å². The van der Waals surface area contributed by atoms with Crippen LogP contribution in [0.15, 0.2) is 12.1 Å². The molecule has 1 aliphatic carbocycles. The molecule has 1 heterocycles. The number of rotatable bonds is 9. The Labute approximate surface area is 181 Å². The van der Waals surface area contributed by atoms with Crippen LogP contribution in [0, 0.1) is 10.1 Å². The van der Waals surface area contributed by atoms with Gasteiger partial charge in [0, 0.05) is 19.2 Å². The second-order valence-electron chi connectivity index (χ2n) is 7.44. The van der Waals surface area contributed by atoms with Crippen molar-refractivity contribution in [3.63, 3.8) is 0 Å². The smallest absolute Gasteiger partial charge is 0.387 e. The summed E-state index contributed by atoms with van der Waals surface area (Å²) in [5, 5.41) is 16.5.